The molecule has 0 spiro atoms. The van der Waals surface area contributed by atoms with Crippen LogP contribution in [-0.4, -0.2) is 79.6 Å². The van der Waals surface area contributed by atoms with E-state index in [0.717, 1.165) is 18.0 Å². The van der Waals surface area contributed by atoms with Crippen molar-refractivity contribution in [2.24, 2.45) is 5.41 Å². The first-order valence-corrected chi connectivity index (χ1v) is 32.5. The van der Waals surface area contributed by atoms with Crippen molar-refractivity contribution in [2.75, 3.05) is 30.5 Å². The summed E-state index contributed by atoms with van der Waals surface area (Å²) in [4.78, 5) is 24.0. The Morgan fingerprint density at radius 1 is 0.727 bits per heavy atom. The molecular weight excluding hydrogens is 1430 g/mol. The van der Waals surface area contributed by atoms with Gasteiger partial charge in [-0.2, -0.15) is 26.3 Å². The maximum Gasteiger partial charge on any atom is 0.402 e. The summed E-state index contributed by atoms with van der Waals surface area (Å²) >= 11 is 0. The molecule has 1 aliphatic rings. The fourth-order valence-corrected chi connectivity index (χ4v) is 14.7. The molecule has 1 radical (unpaired) electrons. The minimum Gasteiger partial charge on any atom is -0.479 e. The standard InChI is InChI=1S/C17H37O2Si2.2C12H16NOSi.C5H6F6.2CH4.2Rf/c1-4-5-6-7-8-9-10-11-14-17-21(3)18-15-12-13-16-20(2)19-21;2*1-5-15(3,4)12-8-6-7-11(9-12)13(2)10-14;1-3(2,4(6,7)8)5(9,10)11;;;;/h4-17H2,1-3H3;2*5-9H,1H2,2-4H3;1-2H3;2*1H4;;/q;2*-1;;;;;. The first kappa shape index (κ1) is 70.2. The zero-order valence-electron chi connectivity index (χ0n) is 40.8. The minimum absolute atomic E-state index is 0. The van der Waals surface area contributed by atoms with Crippen molar-refractivity contribution < 1.29 is 44.5 Å². The molecule has 6 nitrogen and oxygen atoms in total. The van der Waals surface area contributed by atoms with E-state index in [2.05, 4.69) is 71.5 Å². The van der Waals surface area contributed by atoms with Crippen LogP contribution in [0.4, 0.5) is 37.7 Å². The molecule has 0 aliphatic carbocycles. The third kappa shape index (κ3) is 25.2. The maximum atomic E-state index is 11.6. The largest absolute Gasteiger partial charge is 0.479 e. The van der Waals surface area contributed by atoms with Crippen LogP contribution >= 0.6 is 0 Å². The molecule has 0 bridgehead atoms. The number of nitrogens with zero attached hydrogens (tertiary/aromatic N) is 2. The third-order valence-corrected chi connectivity index (χ3v) is 23.0. The molecule has 0 N–H and O–H groups in total. The first-order valence-electron chi connectivity index (χ1n) is 21.7. The monoisotopic (exact) mass is 1510 g/mol. The average Bonchev–Trinajstić information content (AvgIpc) is 3.21. The predicted octanol–water partition coefficient (Wildman–Crippen LogP) is 14.1. The summed E-state index contributed by atoms with van der Waals surface area (Å²) in [7, 11) is -2.07. The Morgan fingerprint density at radius 2 is 1.11 bits per heavy atom. The third-order valence-electron chi connectivity index (χ3n) is 11.1. The smallest absolute Gasteiger partial charge is 0.402 e. The zero-order chi connectivity index (χ0) is 47.8. The summed E-state index contributed by atoms with van der Waals surface area (Å²) in [5, 5.41) is 2.55. The molecule has 2 amide bonds. The second kappa shape index (κ2) is 32.8. The van der Waals surface area contributed by atoms with Crippen LogP contribution < -0.4 is 20.2 Å². The van der Waals surface area contributed by atoms with E-state index in [1.807, 2.05) is 60.6 Å². The molecule has 2 aromatic carbocycles. The van der Waals surface area contributed by atoms with Crippen LogP contribution in [0.2, 0.25) is 51.4 Å². The molecule has 2 aromatic rings. The second-order valence-corrected chi connectivity index (χ2v) is 32.3. The Morgan fingerprint density at radius 3 is 1.44 bits per heavy atom. The summed E-state index contributed by atoms with van der Waals surface area (Å²) in [6, 6.07) is 18.5. The van der Waals surface area contributed by atoms with E-state index in [1.165, 1.54) is 103 Å². The van der Waals surface area contributed by atoms with Crippen LogP contribution in [-0.2, 0) is 18.1 Å². The van der Waals surface area contributed by atoms with E-state index in [0.29, 0.717) is 0 Å². The second-order valence-electron chi connectivity index (χ2n) is 17.7. The molecule has 0 saturated carbocycles. The summed E-state index contributed by atoms with van der Waals surface area (Å²) < 4.78 is 82.2. The van der Waals surface area contributed by atoms with Gasteiger partial charge >= 0.3 is 20.9 Å². The maximum absolute atomic E-state index is 11.6. The van der Waals surface area contributed by atoms with Crippen molar-refractivity contribution in [1.29, 1.82) is 0 Å². The van der Waals surface area contributed by atoms with Crippen molar-refractivity contribution in [3.8, 4) is 0 Å². The van der Waals surface area contributed by atoms with Gasteiger partial charge < -0.3 is 27.9 Å². The number of amides is 2. The minimum atomic E-state index is -5.24. The van der Waals surface area contributed by atoms with E-state index in [9.17, 15) is 35.9 Å². The number of carbonyl (C=O) groups excluding carboxylic acids is 2. The number of alkyl halides is 6. The molecule has 18 heteroatoms. The van der Waals surface area contributed by atoms with E-state index in [-0.39, 0.29) is 28.7 Å². The number of hydrogen-bond acceptors (Lipinski definition) is 4. The zero-order valence-corrected chi connectivity index (χ0v) is 57.6. The van der Waals surface area contributed by atoms with Gasteiger partial charge in [-0.3, -0.25) is 0 Å². The molecule has 1 atom stereocenters. The Balaban J connectivity index is -0.000000251. The Hall–Kier alpha value is -4.77. The van der Waals surface area contributed by atoms with E-state index >= 15 is 0 Å². The van der Waals surface area contributed by atoms with Crippen LogP contribution in [0.1, 0.15) is 106 Å². The van der Waals surface area contributed by atoms with Crippen molar-refractivity contribution >= 4 is 68.3 Å². The molecule has 0 aromatic heterocycles. The van der Waals surface area contributed by atoms with Crippen LogP contribution in [0.3, 0.4) is 0 Å². The molecule has 1 saturated heterocycles. The van der Waals surface area contributed by atoms with Gasteiger partial charge in [-0.15, -0.1) is 48.8 Å². The molecule has 66 heavy (non-hydrogen) atoms. The Kier molecular flexibility index (Phi) is 34.9. The molecule has 1 fully saturated rings. The summed E-state index contributed by atoms with van der Waals surface area (Å²) in [5.41, 5.74) is 2.21. The topological polar surface area (TPSA) is 59.1 Å². The van der Waals surface area contributed by atoms with Crippen LogP contribution in [0.5, 0.6) is 0 Å². The molecule has 1 heterocycles. The van der Waals surface area contributed by atoms with E-state index in [4.69, 9.17) is 8.54 Å². The van der Waals surface area contributed by atoms with E-state index < -0.39 is 51.5 Å². The van der Waals surface area contributed by atoms with Gasteiger partial charge in [0.2, 0.25) is 0 Å². The van der Waals surface area contributed by atoms with Crippen molar-refractivity contribution in [1.82, 2.24) is 0 Å². The van der Waals surface area contributed by atoms with Gasteiger partial charge in [-0.1, -0.05) is 158 Å². The molecule has 1 unspecified atom stereocenters. The molecule has 1 aliphatic heterocycles. The number of anilines is 2. The average molecular weight is 1510 g/mol. The Labute approximate surface area is 390 Å². The number of rotatable bonds is 18. The van der Waals surface area contributed by atoms with Gasteiger partial charge in [0.1, 0.15) is 16.1 Å². The number of benzene rings is 2. The normalized spacial score (nSPS) is 15.3. The number of unbranched alkanes of at least 4 members (excludes halogenated alkanes) is 8. The van der Waals surface area contributed by atoms with Gasteiger partial charge in [0.15, 0.2) is 14.5 Å². The van der Waals surface area contributed by atoms with Gasteiger partial charge in [-0.05, 0) is 59.5 Å². The van der Waals surface area contributed by atoms with Gasteiger partial charge in [-0.25, -0.2) is 0 Å². The van der Waals surface area contributed by atoms with Crippen LogP contribution in [0.25, 0.3) is 0 Å². The fraction of sp³-hybridized carbons (Fsp3) is 0.625. The van der Waals surface area contributed by atoms with Gasteiger partial charge in [0, 0.05) is 6.61 Å². The summed E-state index contributed by atoms with van der Waals surface area (Å²) in [6.07, 6.45) is 8.34. The molecular formula is C48H83F6N2O4Rf2Si4-2. The van der Waals surface area contributed by atoms with Gasteiger partial charge in [0.05, 0.1) is 12.8 Å². The SMILES string of the molecule is C.C.C=C[Si](C)(C)c1cccc(N(C)[C-]=O)c1.C=C[Si](C)(C)c1cccc(N(C)[C-]=O)c1.CC(C)(C(F)(F)F)C(F)(F)F.CCCCCCCCCCC[Si]1(C)OCCCC[Si](C)O1.[Rf].[Rf]. The van der Waals surface area contributed by atoms with Crippen LogP contribution in [0, 0.1) is 5.41 Å². The van der Waals surface area contributed by atoms with Gasteiger partial charge in [0.25, 0.3) is 0 Å². The van der Waals surface area contributed by atoms with Crippen LogP contribution in [0.15, 0.2) is 73.1 Å². The molecule has 3 rings (SSSR count). The number of hydrogen-bond donors (Lipinski definition) is 0. The predicted molar refractivity (Wildman–Crippen MR) is 271 cm³/mol. The Bertz CT molecular complexity index is 1530. The van der Waals surface area contributed by atoms with Crippen molar-refractivity contribution in [3.05, 3.63) is 73.1 Å². The fourth-order valence-electron chi connectivity index (χ4n) is 5.83. The summed E-state index contributed by atoms with van der Waals surface area (Å²) in [6.45, 7) is 24.7. The van der Waals surface area contributed by atoms with Crippen molar-refractivity contribution in [3.63, 3.8) is 0 Å². The summed E-state index contributed by atoms with van der Waals surface area (Å²) in [5.74, 6) is 0. The van der Waals surface area contributed by atoms with Crippen molar-refractivity contribution in [2.45, 2.75) is 170 Å². The first-order chi connectivity index (χ1) is 28.7. The molecule has 373 valence electrons. The quantitative estimate of drug-likeness (QED) is 0.0491. The number of halogens is 6. The van der Waals surface area contributed by atoms with E-state index in [1.54, 1.807) is 14.1 Å².